The van der Waals surface area contributed by atoms with Crippen molar-refractivity contribution in [3.8, 4) is 0 Å². The van der Waals surface area contributed by atoms with Gasteiger partial charge in [-0.1, -0.05) is 24.3 Å². The highest BCUT2D eigenvalue weighted by atomic mass is 16.3. The molecule has 0 saturated heterocycles. The summed E-state index contributed by atoms with van der Waals surface area (Å²) < 4.78 is 0. The van der Waals surface area contributed by atoms with Crippen LogP contribution in [0.3, 0.4) is 0 Å². The quantitative estimate of drug-likeness (QED) is 0.709. The van der Waals surface area contributed by atoms with Gasteiger partial charge in [0.25, 0.3) is 0 Å². The predicted octanol–water partition coefficient (Wildman–Crippen LogP) is 1.52. The first-order chi connectivity index (χ1) is 6.30. The van der Waals surface area contributed by atoms with Crippen molar-refractivity contribution in [3.05, 3.63) is 35.4 Å². The summed E-state index contributed by atoms with van der Waals surface area (Å²) >= 11 is 0. The maximum atomic E-state index is 10.4. The fraction of sp³-hybridized carbons (Fsp3) is 0.364. The molecule has 1 aliphatic rings. The zero-order valence-electron chi connectivity index (χ0n) is 7.36. The maximum Gasteiger partial charge on any atom is 0.150 e. The summed E-state index contributed by atoms with van der Waals surface area (Å²) in [4.78, 5) is 10.4. The van der Waals surface area contributed by atoms with E-state index in [0.717, 1.165) is 24.7 Å². The molecule has 68 valence electrons. The average Bonchev–Trinajstić information content (AvgIpc) is 2.99. The van der Waals surface area contributed by atoms with Crippen molar-refractivity contribution in [2.45, 2.75) is 18.3 Å². The molecule has 1 aromatic carbocycles. The number of aliphatic hydroxyl groups is 1. The summed E-state index contributed by atoms with van der Waals surface area (Å²) in [7, 11) is 0. The summed E-state index contributed by atoms with van der Waals surface area (Å²) in [5.41, 5.74) is 1.86. The van der Waals surface area contributed by atoms with Gasteiger partial charge in [-0.2, -0.15) is 0 Å². The molecule has 0 spiro atoms. The molecule has 0 unspecified atom stereocenters. The molecule has 0 aliphatic heterocycles. The van der Waals surface area contributed by atoms with Gasteiger partial charge < -0.3 is 5.11 Å². The Labute approximate surface area is 77.2 Å². The van der Waals surface area contributed by atoms with Gasteiger partial charge in [-0.15, -0.1) is 0 Å². The minimum absolute atomic E-state index is 0.0153. The smallest absolute Gasteiger partial charge is 0.150 e. The molecule has 2 nitrogen and oxygen atoms in total. The van der Waals surface area contributed by atoms with E-state index in [0.29, 0.717) is 5.56 Å². The zero-order valence-corrected chi connectivity index (χ0v) is 7.36. The molecule has 1 aliphatic carbocycles. The molecule has 1 fully saturated rings. The minimum Gasteiger partial charge on any atom is -0.395 e. The van der Waals surface area contributed by atoms with Crippen molar-refractivity contribution in [2.24, 2.45) is 0 Å². The molecule has 0 bridgehead atoms. The Balaban J connectivity index is 2.27. The van der Waals surface area contributed by atoms with Gasteiger partial charge in [0.15, 0.2) is 0 Å². The first-order valence-corrected chi connectivity index (χ1v) is 4.47. The van der Waals surface area contributed by atoms with Crippen LogP contribution in [0.1, 0.15) is 28.8 Å². The van der Waals surface area contributed by atoms with Crippen LogP contribution in [0.5, 0.6) is 0 Å². The molecule has 1 aromatic rings. The number of aliphatic hydroxyl groups excluding tert-OH is 1. The number of carbonyl (C=O) groups excluding carboxylic acids is 1. The zero-order chi connectivity index (χ0) is 9.31. The largest absolute Gasteiger partial charge is 0.395 e. The normalized spacial score (nSPS) is 18.2. The van der Waals surface area contributed by atoms with Crippen LogP contribution in [-0.4, -0.2) is 18.0 Å². The van der Waals surface area contributed by atoms with Crippen molar-refractivity contribution >= 4 is 6.29 Å². The summed E-state index contributed by atoms with van der Waals surface area (Å²) in [6.07, 6.45) is 2.95. The number of benzene rings is 1. The van der Waals surface area contributed by atoms with E-state index in [1.165, 1.54) is 0 Å². The molecule has 13 heavy (non-hydrogen) atoms. The van der Waals surface area contributed by atoms with Gasteiger partial charge in [-0.05, 0) is 18.4 Å². The monoisotopic (exact) mass is 176 g/mol. The molecular formula is C11H12O2. The summed E-state index contributed by atoms with van der Waals surface area (Å²) in [5, 5.41) is 9.17. The van der Waals surface area contributed by atoms with Gasteiger partial charge in [-0.3, -0.25) is 4.79 Å². The van der Waals surface area contributed by atoms with E-state index in [-0.39, 0.29) is 12.0 Å². The Kier molecular flexibility index (Phi) is 1.93. The van der Waals surface area contributed by atoms with Crippen LogP contribution in [0.2, 0.25) is 0 Å². The van der Waals surface area contributed by atoms with Crippen molar-refractivity contribution in [1.29, 1.82) is 0 Å². The Morgan fingerprint density at radius 1 is 1.31 bits per heavy atom. The van der Waals surface area contributed by atoms with E-state index < -0.39 is 0 Å². The predicted molar refractivity (Wildman–Crippen MR) is 49.8 cm³/mol. The molecular weight excluding hydrogens is 164 g/mol. The SMILES string of the molecule is O=Cc1ccc(C2(CO)CC2)cc1. The fourth-order valence-corrected chi connectivity index (χ4v) is 1.60. The van der Waals surface area contributed by atoms with Crippen LogP contribution in [-0.2, 0) is 5.41 Å². The second kappa shape index (κ2) is 2.96. The molecule has 0 heterocycles. The lowest BCUT2D eigenvalue weighted by Gasteiger charge is -2.11. The molecule has 0 atom stereocenters. The third-order valence-electron chi connectivity index (χ3n) is 2.82. The van der Waals surface area contributed by atoms with E-state index in [2.05, 4.69) is 0 Å². The molecule has 1 N–H and O–H groups in total. The van der Waals surface area contributed by atoms with Crippen molar-refractivity contribution in [1.82, 2.24) is 0 Å². The topological polar surface area (TPSA) is 37.3 Å². The van der Waals surface area contributed by atoms with E-state index in [1.807, 2.05) is 12.1 Å². The van der Waals surface area contributed by atoms with E-state index in [1.54, 1.807) is 12.1 Å². The Hall–Kier alpha value is -1.15. The molecule has 0 aromatic heterocycles. The number of hydrogen-bond acceptors (Lipinski definition) is 2. The number of carbonyl (C=O) groups is 1. The highest BCUT2D eigenvalue weighted by molar-refractivity contribution is 5.74. The first-order valence-electron chi connectivity index (χ1n) is 4.47. The summed E-state index contributed by atoms with van der Waals surface area (Å²) in [6.45, 7) is 0.216. The Morgan fingerprint density at radius 2 is 1.92 bits per heavy atom. The van der Waals surface area contributed by atoms with E-state index >= 15 is 0 Å². The lowest BCUT2D eigenvalue weighted by Crippen LogP contribution is -2.11. The fourth-order valence-electron chi connectivity index (χ4n) is 1.60. The number of rotatable bonds is 3. The highest BCUT2D eigenvalue weighted by Gasteiger charge is 2.43. The van der Waals surface area contributed by atoms with Crippen LogP contribution in [0.4, 0.5) is 0 Å². The Bertz CT molecular complexity index is 309. The van der Waals surface area contributed by atoms with Gasteiger partial charge in [0.2, 0.25) is 0 Å². The molecule has 0 radical (unpaired) electrons. The average molecular weight is 176 g/mol. The molecule has 1 saturated carbocycles. The van der Waals surface area contributed by atoms with Gasteiger partial charge in [-0.25, -0.2) is 0 Å². The third kappa shape index (κ3) is 1.38. The van der Waals surface area contributed by atoms with Crippen LogP contribution >= 0.6 is 0 Å². The minimum atomic E-state index is 0.0153. The van der Waals surface area contributed by atoms with E-state index in [4.69, 9.17) is 5.11 Å². The second-order valence-corrected chi connectivity index (χ2v) is 3.68. The van der Waals surface area contributed by atoms with Gasteiger partial charge in [0.1, 0.15) is 6.29 Å². The molecule has 0 amide bonds. The lowest BCUT2D eigenvalue weighted by molar-refractivity contribution is 0.112. The van der Waals surface area contributed by atoms with Gasteiger partial charge in [0.05, 0.1) is 6.61 Å². The standard InChI is InChI=1S/C11H12O2/c12-7-9-1-3-10(4-2-9)11(8-13)5-6-11/h1-4,7,13H,5-6,8H2. The number of hydrogen-bond donors (Lipinski definition) is 1. The third-order valence-corrected chi connectivity index (χ3v) is 2.82. The van der Waals surface area contributed by atoms with Crippen molar-refractivity contribution in [3.63, 3.8) is 0 Å². The van der Waals surface area contributed by atoms with Gasteiger partial charge >= 0.3 is 0 Å². The number of aldehydes is 1. The van der Waals surface area contributed by atoms with Crippen LogP contribution < -0.4 is 0 Å². The summed E-state index contributed by atoms with van der Waals surface area (Å²) in [5.74, 6) is 0. The van der Waals surface area contributed by atoms with E-state index in [9.17, 15) is 4.79 Å². The first kappa shape index (κ1) is 8.45. The van der Waals surface area contributed by atoms with Crippen LogP contribution in [0.25, 0.3) is 0 Å². The van der Waals surface area contributed by atoms with Crippen LogP contribution in [0.15, 0.2) is 24.3 Å². The van der Waals surface area contributed by atoms with Crippen molar-refractivity contribution in [2.75, 3.05) is 6.61 Å². The maximum absolute atomic E-state index is 10.4. The summed E-state index contributed by atoms with van der Waals surface area (Å²) in [6, 6.07) is 7.48. The highest BCUT2D eigenvalue weighted by Crippen LogP contribution is 2.47. The van der Waals surface area contributed by atoms with Gasteiger partial charge in [0, 0.05) is 11.0 Å². The van der Waals surface area contributed by atoms with Crippen LogP contribution in [0, 0.1) is 0 Å². The Morgan fingerprint density at radius 3 is 2.31 bits per heavy atom. The van der Waals surface area contributed by atoms with Crippen molar-refractivity contribution < 1.29 is 9.90 Å². The second-order valence-electron chi connectivity index (χ2n) is 3.68. The molecule has 2 heteroatoms. The lowest BCUT2D eigenvalue weighted by atomic mass is 9.96. The molecule has 2 rings (SSSR count).